The summed E-state index contributed by atoms with van der Waals surface area (Å²) in [6.45, 7) is 9.40. The van der Waals surface area contributed by atoms with Gasteiger partial charge in [-0.15, -0.1) is 0 Å². The molecule has 0 unspecified atom stereocenters. The van der Waals surface area contributed by atoms with Gasteiger partial charge < -0.3 is 20.1 Å². The Labute approximate surface area is 140 Å². The molecule has 0 saturated heterocycles. The molecule has 1 aromatic rings. The van der Waals surface area contributed by atoms with Gasteiger partial charge in [-0.05, 0) is 51.3 Å². The van der Waals surface area contributed by atoms with Crippen LogP contribution in [-0.4, -0.2) is 45.4 Å². The third kappa shape index (κ3) is 9.08. The molecule has 0 bridgehead atoms. The minimum absolute atomic E-state index is 0.287. The van der Waals surface area contributed by atoms with Crippen LogP contribution in [0.3, 0.4) is 0 Å². The molecule has 0 amide bonds. The molecule has 0 fully saturated rings. The van der Waals surface area contributed by atoms with Crippen LogP contribution in [0.5, 0.6) is 5.75 Å². The van der Waals surface area contributed by atoms with Crippen LogP contribution in [0, 0.1) is 0 Å². The summed E-state index contributed by atoms with van der Waals surface area (Å²) in [5.74, 6) is 1.76. The first-order chi connectivity index (χ1) is 11.2. The van der Waals surface area contributed by atoms with Gasteiger partial charge in [0.05, 0.1) is 13.2 Å². The van der Waals surface area contributed by atoms with Crippen molar-refractivity contribution in [2.75, 3.05) is 33.4 Å². The Morgan fingerprint density at radius 3 is 2.52 bits per heavy atom. The van der Waals surface area contributed by atoms with Gasteiger partial charge in [0.1, 0.15) is 5.75 Å². The van der Waals surface area contributed by atoms with E-state index in [2.05, 4.69) is 34.7 Å². The van der Waals surface area contributed by atoms with Gasteiger partial charge in [-0.3, -0.25) is 4.99 Å². The van der Waals surface area contributed by atoms with Gasteiger partial charge in [-0.25, -0.2) is 0 Å². The Hall–Kier alpha value is -1.75. The van der Waals surface area contributed by atoms with Crippen molar-refractivity contribution in [3.8, 4) is 5.75 Å². The highest BCUT2D eigenvalue weighted by Crippen LogP contribution is 2.11. The second kappa shape index (κ2) is 11.8. The van der Waals surface area contributed by atoms with Crippen LogP contribution in [0.1, 0.15) is 32.8 Å². The van der Waals surface area contributed by atoms with E-state index in [1.807, 2.05) is 26.0 Å². The summed E-state index contributed by atoms with van der Waals surface area (Å²) in [6.07, 6.45) is 2.17. The van der Waals surface area contributed by atoms with E-state index in [1.54, 1.807) is 7.11 Å². The van der Waals surface area contributed by atoms with Crippen LogP contribution >= 0.6 is 0 Å². The lowest BCUT2D eigenvalue weighted by Gasteiger charge is -2.12. The number of hydrogen-bond acceptors (Lipinski definition) is 3. The zero-order chi connectivity index (χ0) is 16.9. The molecular formula is C18H31N3O2. The quantitative estimate of drug-likeness (QED) is 0.395. The minimum atomic E-state index is 0.287. The standard InChI is InChI=1S/C18H31N3O2/c1-5-19-18(20-12-6-14-23-15(2)3)21-13-11-16-7-9-17(22-4)10-8-16/h7-10,15H,5-6,11-14H2,1-4H3,(H2,19,20,21). The van der Waals surface area contributed by atoms with E-state index >= 15 is 0 Å². The summed E-state index contributed by atoms with van der Waals surface area (Å²) in [5, 5.41) is 6.63. The molecule has 1 rings (SSSR count). The fraction of sp³-hybridized carbons (Fsp3) is 0.611. The SMILES string of the molecule is CCNC(=NCCCOC(C)C)NCCc1ccc(OC)cc1. The van der Waals surface area contributed by atoms with Crippen LogP contribution in [0.4, 0.5) is 0 Å². The van der Waals surface area contributed by atoms with Crippen molar-refractivity contribution in [2.24, 2.45) is 4.99 Å². The van der Waals surface area contributed by atoms with Gasteiger partial charge in [0, 0.05) is 26.2 Å². The molecule has 1 aromatic carbocycles. The summed E-state index contributed by atoms with van der Waals surface area (Å²) >= 11 is 0. The van der Waals surface area contributed by atoms with Gasteiger partial charge in [-0.1, -0.05) is 12.1 Å². The molecule has 0 atom stereocenters. The van der Waals surface area contributed by atoms with E-state index in [1.165, 1.54) is 5.56 Å². The number of nitrogens with one attached hydrogen (secondary N) is 2. The average molecular weight is 321 g/mol. The van der Waals surface area contributed by atoms with Gasteiger partial charge in [0.25, 0.3) is 0 Å². The van der Waals surface area contributed by atoms with E-state index in [4.69, 9.17) is 9.47 Å². The zero-order valence-corrected chi connectivity index (χ0v) is 14.9. The normalized spacial score (nSPS) is 11.6. The van der Waals surface area contributed by atoms with Crippen LogP contribution < -0.4 is 15.4 Å². The number of aliphatic imine (C=N–C) groups is 1. The van der Waals surface area contributed by atoms with Crippen LogP contribution in [-0.2, 0) is 11.2 Å². The molecule has 0 aromatic heterocycles. The third-order valence-corrected chi connectivity index (χ3v) is 3.23. The molecule has 0 saturated carbocycles. The topological polar surface area (TPSA) is 54.9 Å². The van der Waals surface area contributed by atoms with E-state index in [0.717, 1.165) is 50.8 Å². The predicted octanol–water partition coefficient (Wildman–Crippen LogP) is 2.61. The summed E-state index contributed by atoms with van der Waals surface area (Å²) < 4.78 is 10.7. The average Bonchev–Trinajstić information content (AvgIpc) is 2.55. The van der Waals surface area contributed by atoms with Gasteiger partial charge in [-0.2, -0.15) is 0 Å². The van der Waals surface area contributed by atoms with Gasteiger partial charge in [0.15, 0.2) is 5.96 Å². The highest BCUT2D eigenvalue weighted by Gasteiger charge is 1.99. The molecule has 0 aliphatic carbocycles. The lowest BCUT2D eigenvalue weighted by atomic mass is 10.1. The molecule has 0 aliphatic heterocycles. The number of methoxy groups -OCH3 is 1. The van der Waals surface area contributed by atoms with Gasteiger partial charge >= 0.3 is 0 Å². The molecule has 0 aliphatic rings. The highest BCUT2D eigenvalue weighted by atomic mass is 16.5. The minimum Gasteiger partial charge on any atom is -0.497 e. The maximum absolute atomic E-state index is 5.52. The first kappa shape index (κ1) is 19.3. The number of nitrogens with zero attached hydrogens (tertiary/aromatic N) is 1. The molecular weight excluding hydrogens is 290 g/mol. The number of hydrogen-bond donors (Lipinski definition) is 2. The summed E-state index contributed by atoms with van der Waals surface area (Å²) in [6, 6.07) is 8.16. The fourth-order valence-electron chi connectivity index (χ4n) is 2.03. The molecule has 23 heavy (non-hydrogen) atoms. The summed E-state index contributed by atoms with van der Waals surface area (Å²) in [5.41, 5.74) is 1.28. The lowest BCUT2D eigenvalue weighted by molar-refractivity contribution is 0.0782. The van der Waals surface area contributed by atoms with E-state index in [-0.39, 0.29) is 6.10 Å². The van der Waals surface area contributed by atoms with Crippen molar-refractivity contribution in [3.63, 3.8) is 0 Å². The Bertz CT molecular complexity index is 444. The molecule has 0 radical (unpaired) electrons. The molecule has 0 spiro atoms. The first-order valence-corrected chi connectivity index (χ1v) is 8.42. The Morgan fingerprint density at radius 2 is 1.91 bits per heavy atom. The fourth-order valence-corrected chi connectivity index (χ4v) is 2.03. The maximum atomic E-state index is 5.52. The molecule has 5 heteroatoms. The lowest BCUT2D eigenvalue weighted by Crippen LogP contribution is -2.38. The number of guanidine groups is 1. The molecule has 130 valence electrons. The number of rotatable bonds is 10. The first-order valence-electron chi connectivity index (χ1n) is 8.42. The van der Waals surface area contributed by atoms with Crippen molar-refractivity contribution in [1.82, 2.24) is 10.6 Å². The Balaban J connectivity index is 2.30. The number of benzene rings is 1. The summed E-state index contributed by atoms with van der Waals surface area (Å²) in [4.78, 5) is 4.56. The van der Waals surface area contributed by atoms with Crippen molar-refractivity contribution in [3.05, 3.63) is 29.8 Å². The molecule has 5 nitrogen and oxygen atoms in total. The number of ether oxygens (including phenoxy) is 2. The molecule has 2 N–H and O–H groups in total. The van der Waals surface area contributed by atoms with E-state index in [0.29, 0.717) is 0 Å². The second-order valence-electron chi connectivity index (χ2n) is 5.56. The summed E-state index contributed by atoms with van der Waals surface area (Å²) in [7, 11) is 1.68. The van der Waals surface area contributed by atoms with Crippen molar-refractivity contribution < 1.29 is 9.47 Å². The van der Waals surface area contributed by atoms with Crippen molar-refractivity contribution in [1.29, 1.82) is 0 Å². The van der Waals surface area contributed by atoms with Crippen molar-refractivity contribution in [2.45, 2.75) is 39.7 Å². The second-order valence-corrected chi connectivity index (χ2v) is 5.56. The molecule has 0 heterocycles. The zero-order valence-electron chi connectivity index (χ0n) is 14.9. The van der Waals surface area contributed by atoms with Gasteiger partial charge in [0.2, 0.25) is 0 Å². The maximum Gasteiger partial charge on any atom is 0.191 e. The van der Waals surface area contributed by atoms with E-state index in [9.17, 15) is 0 Å². The van der Waals surface area contributed by atoms with Crippen molar-refractivity contribution >= 4 is 5.96 Å². The van der Waals surface area contributed by atoms with Crippen LogP contribution in [0.15, 0.2) is 29.3 Å². The Morgan fingerprint density at radius 1 is 1.17 bits per heavy atom. The van der Waals surface area contributed by atoms with Crippen LogP contribution in [0.25, 0.3) is 0 Å². The van der Waals surface area contributed by atoms with Crippen LogP contribution in [0.2, 0.25) is 0 Å². The smallest absolute Gasteiger partial charge is 0.191 e. The predicted molar refractivity (Wildman–Crippen MR) is 96.4 cm³/mol. The third-order valence-electron chi connectivity index (χ3n) is 3.23. The van der Waals surface area contributed by atoms with E-state index < -0.39 is 0 Å². The monoisotopic (exact) mass is 321 g/mol. The Kier molecular flexibility index (Phi) is 9.87. The highest BCUT2D eigenvalue weighted by molar-refractivity contribution is 5.79. The largest absolute Gasteiger partial charge is 0.497 e.